The third kappa shape index (κ3) is 5.57. The number of ether oxygens (including phenoxy) is 4. The van der Waals surface area contributed by atoms with Crippen LogP contribution in [0.3, 0.4) is 0 Å². The van der Waals surface area contributed by atoms with Crippen molar-refractivity contribution in [1.29, 1.82) is 0 Å². The fraction of sp³-hybridized carbons (Fsp3) is 0.200. The Balaban J connectivity index is 1.60. The number of benzene rings is 3. The average Bonchev–Trinajstić information content (AvgIpc) is 2.83. The molecular weight excluding hydrogens is 408 g/mol. The number of aryl methyl sites for hydroxylation is 1. The average molecular weight is 434 g/mol. The zero-order chi connectivity index (χ0) is 22.9. The normalized spacial score (nSPS) is 10.6. The second kappa shape index (κ2) is 10.9. The number of nitrogens with one attached hydrogen (secondary N) is 1. The van der Waals surface area contributed by atoms with E-state index in [4.69, 9.17) is 18.9 Å². The predicted molar refractivity (Wildman–Crippen MR) is 123 cm³/mol. The van der Waals surface area contributed by atoms with Crippen molar-refractivity contribution >= 4 is 12.1 Å². The first-order valence-electron chi connectivity index (χ1n) is 9.96. The molecule has 32 heavy (non-hydrogen) atoms. The van der Waals surface area contributed by atoms with Crippen molar-refractivity contribution in [3.8, 4) is 23.0 Å². The molecule has 3 rings (SSSR count). The fourth-order valence-corrected chi connectivity index (χ4v) is 3.00. The van der Waals surface area contributed by atoms with Gasteiger partial charge >= 0.3 is 0 Å². The molecule has 0 heterocycles. The maximum atomic E-state index is 12.4. The molecule has 0 saturated carbocycles. The van der Waals surface area contributed by atoms with E-state index in [0.717, 1.165) is 5.56 Å². The molecule has 0 fully saturated rings. The maximum Gasteiger partial charge on any atom is 0.271 e. The summed E-state index contributed by atoms with van der Waals surface area (Å²) in [5.74, 6) is 1.79. The summed E-state index contributed by atoms with van der Waals surface area (Å²) >= 11 is 0. The molecule has 0 radical (unpaired) electrons. The lowest BCUT2D eigenvalue weighted by molar-refractivity contribution is 0.0955. The first kappa shape index (κ1) is 22.7. The van der Waals surface area contributed by atoms with Crippen molar-refractivity contribution in [2.75, 3.05) is 21.3 Å². The van der Waals surface area contributed by atoms with Crippen LogP contribution in [-0.4, -0.2) is 33.5 Å². The van der Waals surface area contributed by atoms with Gasteiger partial charge in [-0.1, -0.05) is 29.8 Å². The molecule has 1 amide bonds. The Morgan fingerprint density at radius 1 is 0.875 bits per heavy atom. The fourth-order valence-electron chi connectivity index (χ4n) is 3.00. The Kier molecular flexibility index (Phi) is 7.70. The number of hydrazone groups is 1. The maximum absolute atomic E-state index is 12.4. The molecule has 7 nitrogen and oxygen atoms in total. The van der Waals surface area contributed by atoms with E-state index in [-0.39, 0.29) is 5.91 Å². The van der Waals surface area contributed by atoms with Crippen molar-refractivity contribution in [3.05, 3.63) is 82.9 Å². The molecule has 3 aromatic carbocycles. The minimum atomic E-state index is -0.342. The molecule has 0 atom stereocenters. The molecule has 3 aromatic rings. The summed E-state index contributed by atoms with van der Waals surface area (Å²) in [7, 11) is 4.59. The number of hydrogen-bond donors (Lipinski definition) is 1. The second-order valence-electron chi connectivity index (χ2n) is 6.92. The topological polar surface area (TPSA) is 78.4 Å². The van der Waals surface area contributed by atoms with Gasteiger partial charge in [-0.05, 0) is 48.9 Å². The van der Waals surface area contributed by atoms with Crippen LogP contribution in [0, 0.1) is 6.92 Å². The van der Waals surface area contributed by atoms with Gasteiger partial charge in [-0.15, -0.1) is 0 Å². The summed E-state index contributed by atoms with van der Waals surface area (Å²) < 4.78 is 21.8. The lowest BCUT2D eigenvalue weighted by Gasteiger charge is -2.13. The number of nitrogens with zero attached hydrogens (tertiary/aromatic N) is 1. The van der Waals surface area contributed by atoms with E-state index in [1.165, 1.54) is 26.0 Å². The third-order valence-electron chi connectivity index (χ3n) is 4.75. The Morgan fingerprint density at radius 2 is 1.56 bits per heavy atom. The van der Waals surface area contributed by atoms with Crippen molar-refractivity contribution < 1.29 is 23.7 Å². The zero-order valence-electron chi connectivity index (χ0n) is 18.5. The van der Waals surface area contributed by atoms with E-state index in [9.17, 15) is 4.79 Å². The number of rotatable bonds is 9. The molecule has 0 bridgehead atoms. The Bertz CT molecular complexity index is 1080. The molecule has 0 aliphatic heterocycles. The molecule has 0 aliphatic carbocycles. The highest BCUT2D eigenvalue weighted by Crippen LogP contribution is 2.38. The molecule has 0 unspecified atom stereocenters. The summed E-state index contributed by atoms with van der Waals surface area (Å²) in [5, 5.41) is 4.03. The van der Waals surface area contributed by atoms with Crippen LogP contribution in [0.5, 0.6) is 23.0 Å². The monoisotopic (exact) mass is 434 g/mol. The van der Waals surface area contributed by atoms with Gasteiger partial charge < -0.3 is 18.9 Å². The summed E-state index contributed by atoms with van der Waals surface area (Å²) in [5.41, 5.74) is 5.89. The molecule has 0 aliphatic rings. The molecule has 0 saturated heterocycles. The molecule has 0 aromatic heterocycles. The van der Waals surface area contributed by atoms with Gasteiger partial charge in [-0.25, -0.2) is 5.43 Å². The van der Waals surface area contributed by atoms with Crippen LogP contribution in [0.25, 0.3) is 0 Å². The Hall–Kier alpha value is -4.00. The van der Waals surface area contributed by atoms with Crippen molar-refractivity contribution in [3.63, 3.8) is 0 Å². The highest BCUT2D eigenvalue weighted by Gasteiger charge is 2.14. The number of hydrogen-bond acceptors (Lipinski definition) is 6. The molecule has 1 N–H and O–H groups in total. The molecular formula is C25H26N2O5. The van der Waals surface area contributed by atoms with Gasteiger partial charge in [0.25, 0.3) is 5.91 Å². The van der Waals surface area contributed by atoms with Gasteiger partial charge in [0, 0.05) is 11.1 Å². The number of methoxy groups -OCH3 is 3. The van der Waals surface area contributed by atoms with E-state index in [1.807, 2.05) is 31.2 Å². The summed E-state index contributed by atoms with van der Waals surface area (Å²) in [6.45, 7) is 2.51. The van der Waals surface area contributed by atoms with E-state index < -0.39 is 0 Å². The SMILES string of the molecule is COc1ccc(/C=N/NC(=O)c2ccc(OCc3ccc(C)cc3)cc2)c(OC)c1OC. The smallest absolute Gasteiger partial charge is 0.271 e. The molecule has 0 spiro atoms. The van der Waals surface area contributed by atoms with E-state index >= 15 is 0 Å². The van der Waals surface area contributed by atoms with Crippen LogP contribution in [0.15, 0.2) is 65.8 Å². The van der Waals surface area contributed by atoms with Gasteiger partial charge in [-0.3, -0.25) is 4.79 Å². The van der Waals surface area contributed by atoms with Crippen molar-refractivity contribution in [2.24, 2.45) is 5.10 Å². The zero-order valence-corrected chi connectivity index (χ0v) is 18.5. The first-order chi connectivity index (χ1) is 15.5. The number of carbonyl (C=O) groups is 1. The van der Waals surface area contributed by atoms with Gasteiger partial charge in [0.05, 0.1) is 27.5 Å². The van der Waals surface area contributed by atoms with Gasteiger partial charge in [-0.2, -0.15) is 5.10 Å². The van der Waals surface area contributed by atoms with Crippen LogP contribution >= 0.6 is 0 Å². The van der Waals surface area contributed by atoms with E-state index in [1.54, 1.807) is 43.5 Å². The highest BCUT2D eigenvalue weighted by atomic mass is 16.5. The van der Waals surface area contributed by atoms with Crippen LogP contribution < -0.4 is 24.4 Å². The largest absolute Gasteiger partial charge is 0.493 e. The second-order valence-corrected chi connectivity index (χ2v) is 6.92. The highest BCUT2D eigenvalue weighted by molar-refractivity contribution is 5.95. The summed E-state index contributed by atoms with van der Waals surface area (Å²) in [4.78, 5) is 12.4. The van der Waals surface area contributed by atoms with Crippen LogP contribution in [0.1, 0.15) is 27.0 Å². The van der Waals surface area contributed by atoms with E-state index in [2.05, 4.69) is 10.5 Å². The van der Waals surface area contributed by atoms with Gasteiger partial charge in [0.15, 0.2) is 11.5 Å². The van der Waals surface area contributed by atoms with E-state index in [0.29, 0.717) is 40.7 Å². The van der Waals surface area contributed by atoms with Crippen molar-refractivity contribution in [1.82, 2.24) is 5.43 Å². The van der Waals surface area contributed by atoms with Crippen LogP contribution in [0.4, 0.5) is 0 Å². The summed E-state index contributed by atoms with van der Waals surface area (Å²) in [6.07, 6.45) is 1.48. The Labute approximate surface area is 187 Å². The van der Waals surface area contributed by atoms with Crippen LogP contribution in [0.2, 0.25) is 0 Å². The minimum absolute atomic E-state index is 0.342. The van der Waals surface area contributed by atoms with Gasteiger partial charge in [0.2, 0.25) is 5.75 Å². The number of amides is 1. The standard InChI is InChI=1S/C25H26N2O5/c1-17-5-7-18(8-6-17)16-32-21-12-9-19(10-13-21)25(28)27-26-15-20-11-14-22(29-2)24(31-4)23(20)30-3/h5-15H,16H2,1-4H3,(H,27,28)/b26-15+. The lowest BCUT2D eigenvalue weighted by atomic mass is 10.2. The lowest BCUT2D eigenvalue weighted by Crippen LogP contribution is -2.17. The quantitative estimate of drug-likeness (QED) is 0.400. The van der Waals surface area contributed by atoms with Crippen molar-refractivity contribution in [2.45, 2.75) is 13.5 Å². The Morgan fingerprint density at radius 3 is 2.19 bits per heavy atom. The first-order valence-corrected chi connectivity index (χ1v) is 9.96. The number of carbonyl (C=O) groups excluding carboxylic acids is 1. The summed E-state index contributed by atoms with van der Waals surface area (Å²) in [6, 6.07) is 18.5. The molecule has 7 heteroatoms. The van der Waals surface area contributed by atoms with Gasteiger partial charge in [0.1, 0.15) is 12.4 Å². The third-order valence-corrected chi connectivity index (χ3v) is 4.75. The molecule has 166 valence electrons. The predicted octanol–water partition coefficient (Wildman–Crippen LogP) is 4.36. The minimum Gasteiger partial charge on any atom is -0.493 e. The van der Waals surface area contributed by atoms with Crippen LogP contribution in [-0.2, 0) is 6.61 Å².